The van der Waals surface area contributed by atoms with Gasteiger partial charge in [-0.05, 0) is 30.3 Å². The van der Waals surface area contributed by atoms with Crippen molar-refractivity contribution < 1.29 is 19.0 Å². The third-order valence-corrected chi connectivity index (χ3v) is 4.97. The van der Waals surface area contributed by atoms with E-state index in [1.165, 1.54) is 0 Å². The molecule has 2 heterocycles. The van der Waals surface area contributed by atoms with Crippen LogP contribution in [0.2, 0.25) is 0 Å². The minimum Gasteiger partial charge on any atom is -0.493 e. The number of amides is 1. The number of anilines is 1. The lowest BCUT2D eigenvalue weighted by atomic mass is 10.2. The van der Waals surface area contributed by atoms with Gasteiger partial charge in [0.1, 0.15) is 5.69 Å². The number of carbonyl (C=O) groups is 1. The lowest BCUT2D eigenvalue weighted by Crippen LogP contribution is -2.12. The number of rotatable bonds is 7. The number of fused-ring (bicyclic) bond motifs is 2. The molecule has 1 amide bonds. The van der Waals surface area contributed by atoms with Crippen molar-refractivity contribution in [3.8, 4) is 11.5 Å². The van der Waals surface area contributed by atoms with E-state index in [9.17, 15) is 4.79 Å². The first-order valence-corrected chi connectivity index (χ1v) is 9.27. The maximum absolute atomic E-state index is 12.9. The van der Waals surface area contributed by atoms with Gasteiger partial charge < -0.3 is 29.1 Å². The molecule has 0 saturated heterocycles. The van der Waals surface area contributed by atoms with Crippen molar-refractivity contribution in [2.45, 2.75) is 6.54 Å². The molecule has 0 aliphatic heterocycles. The highest BCUT2D eigenvalue weighted by atomic mass is 16.5. The molecule has 4 aromatic rings. The lowest BCUT2D eigenvalue weighted by molar-refractivity contribution is 0.102. The SMILES string of the molecule is COCCn1ccc2c(NC(=O)c3cc4cc(OC)c(OC)cc4[nH]3)cccc21. The summed E-state index contributed by atoms with van der Waals surface area (Å²) < 4.78 is 17.9. The van der Waals surface area contributed by atoms with E-state index in [2.05, 4.69) is 14.9 Å². The first-order valence-electron chi connectivity index (χ1n) is 9.27. The number of nitrogens with one attached hydrogen (secondary N) is 2. The average Bonchev–Trinajstić information content (AvgIpc) is 3.35. The Labute approximate surface area is 168 Å². The Kier molecular flexibility index (Phi) is 5.14. The van der Waals surface area contributed by atoms with Crippen molar-refractivity contribution in [2.24, 2.45) is 0 Å². The largest absolute Gasteiger partial charge is 0.493 e. The van der Waals surface area contributed by atoms with E-state index >= 15 is 0 Å². The summed E-state index contributed by atoms with van der Waals surface area (Å²) in [5.74, 6) is 1.01. The van der Waals surface area contributed by atoms with Crippen LogP contribution in [0.4, 0.5) is 5.69 Å². The minimum atomic E-state index is -0.212. The molecule has 0 saturated carbocycles. The molecule has 0 aliphatic carbocycles. The van der Waals surface area contributed by atoms with Crippen molar-refractivity contribution >= 4 is 33.4 Å². The van der Waals surface area contributed by atoms with Gasteiger partial charge in [0.2, 0.25) is 0 Å². The fraction of sp³-hybridized carbons (Fsp3) is 0.227. The Morgan fingerprint density at radius 2 is 1.86 bits per heavy atom. The second-order valence-electron chi connectivity index (χ2n) is 6.67. The summed E-state index contributed by atoms with van der Waals surface area (Å²) in [4.78, 5) is 16.0. The predicted octanol–water partition coefficient (Wildman–Crippen LogP) is 4.04. The molecule has 7 heteroatoms. The lowest BCUT2D eigenvalue weighted by Gasteiger charge is -2.08. The number of hydrogen-bond donors (Lipinski definition) is 2. The summed E-state index contributed by atoms with van der Waals surface area (Å²) in [6, 6.07) is 13.3. The third-order valence-electron chi connectivity index (χ3n) is 4.97. The number of hydrogen-bond acceptors (Lipinski definition) is 4. The smallest absolute Gasteiger partial charge is 0.272 e. The van der Waals surface area contributed by atoms with E-state index in [1.807, 2.05) is 42.6 Å². The highest BCUT2D eigenvalue weighted by molar-refractivity contribution is 6.10. The van der Waals surface area contributed by atoms with Gasteiger partial charge in [0.15, 0.2) is 11.5 Å². The van der Waals surface area contributed by atoms with Gasteiger partial charge in [0.25, 0.3) is 5.91 Å². The molecule has 0 radical (unpaired) electrons. The van der Waals surface area contributed by atoms with Gasteiger partial charge in [-0.15, -0.1) is 0 Å². The summed E-state index contributed by atoms with van der Waals surface area (Å²) in [6.07, 6.45) is 2.00. The molecule has 0 fully saturated rings. The van der Waals surface area contributed by atoms with Crippen LogP contribution in [0.5, 0.6) is 11.5 Å². The molecule has 29 heavy (non-hydrogen) atoms. The standard InChI is InChI=1S/C22H23N3O4/c1-27-10-9-25-8-7-15-16(5-4-6-19(15)25)24-22(26)18-11-14-12-20(28-2)21(29-3)13-17(14)23-18/h4-8,11-13,23H,9-10H2,1-3H3,(H,24,26). The van der Waals surface area contributed by atoms with Gasteiger partial charge in [0, 0.05) is 42.2 Å². The molecule has 4 rings (SSSR count). The number of aromatic amines is 1. The number of nitrogens with zero attached hydrogens (tertiary/aromatic N) is 1. The van der Waals surface area contributed by atoms with Crippen LogP contribution in [0.3, 0.4) is 0 Å². The second-order valence-corrected chi connectivity index (χ2v) is 6.67. The monoisotopic (exact) mass is 393 g/mol. The van der Waals surface area contributed by atoms with Crippen LogP contribution in [-0.4, -0.2) is 43.4 Å². The Hall–Kier alpha value is -3.45. The fourth-order valence-electron chi connectivity index (χ4n) is 3.49. The van der Waals surface area contributed by atoms with Crippen LogP contribution in [0.1, 0.15) is 10.5 Å². The minimum absolute atomic E-state index is 0.212. The molecule has 0 unspecified atom stereocenters. The van der Waals surface area contributed by atoms with Crippen molar-refractivity contribution in [3.05, 3.63) is 54.4 Å². The molecule has 0 spiro atoms. The number of ether oxygens (including phenoxy) is 3. The zero-order valence-electron chi connectivity index (χ0n) is 16.6. The normalized spacial score (nSPS) is 11.1. The molecular weight excluding hydrogens is 370 g/mol. The number of methoxy groups -OCH3 is 3. The Bertz CT molecular complexity index is 1130. The second kappa shape index (κ2) is 7.89. The zero-order valence-corrected chi connectivity index (χ0v) is 16.6. The van der Waals surface area contributed by atoms with E-state index in [-0.39, 0.29) is 5.91 Å². The van der Waals surface area contributed by atoms with Crippen LogP contribution in [0, 0.1) is 0 Å². The van der Waals surface area contributed by atoms with Crippen molar-refractivity contribution in [2.75, 3.05) is 33.3 Å². The molecule has 2 N–H and O–H groups in total. The maximum atomic E-state index is 12.9. The van der Waals surface area contributed by atoms with Gasteiger partial charge in [-0.1, -0.05) is 6.07 Å². The van der Waals surface area contributed by atoms with Crippen molar-refractivity contribution in [1.29, 1.82) is 0 Å². The van der Waals surface area contributed by atoms with Crippen LogP contribution < -0.4 is 14.8 Å². The third kappa shape index (κ3) is 3.52. The van der Waals surface area contributed by atoms with E-state index in [4.69, 9.17) is 14.2 Å². The summed E-state index contributed by atoms with van der Waals surface area (Å²) in [5.41, 5.74) is 3.08. The highest BCUT2D eigenvalue weighted by Crippen LogP contribution is 2.32. The summed E-state index contributed by atoms with van der Waals surface area (Å²) in [6.45, 7) is 1.38. The predicted molar refractivity (Wildman–Crippen MR) is 113 cm³/mol. The summed E-state index contributed by atoms with van der Waals surface area (Å²) in [5, 5.41) is 4.87. The van der Waals surface area contributed by atoms with Gasteiger partial charge in [-0.3, -0.25) is 4.79 Å². The van der Waals surface area contributed by atoms with Gasteiger partial charge in [-0.2, -0.15) is 0 Å². The van der Waals surface area contributed by atoms with Crippen LogP contribution in [0.25, 0.3) is 21.8 Å². The first kappa shape index (κ1) is 18.9. The maximum Gasteiger partial charge on any atom is 0.272 e. The Morgan fingerprint density at radius 1 is 1.07 bits per heavy atom. The highest BCUT2D eigenvalue weighted by Gasteiger charge is 2.15. The van der Waals surface area contributed by atoms with Gasteiger partial charge >= 0.3 is 0 Å². The Morgan fingerprint density at radius 3 is 2.62 bits per heavy atom. The number of H-pyrrole nitrogens is 1. The van der Waals surface area contributed by atoms with Crippen molar-refractivity contribution in [1.82, 2.24) is 9.55 Å². The molecule has 0 aliphatic rings. The van der Waals surface area contributed by atoms with Gasteiger partial charge in [-0.25, -0.2) is 0 Å². The van der Waals surface area contributed by atoms with Crippen LogP contribution in [-0.2, 0) is 11.3 Å². The average molecular weight is 393 g/mol. The van der Waals surface area contributed by atoms with Crippen LogP contribution >= 0.6 is 0 Å². The number of carbonyl (C=O) groups excluding carboxylic acids is 1. The van der Waals surface area contributed by atoms with Crippen molar-refractivity contribution in [3.63, 3.8) is 0 Å². The molecule has 150 valence electrons. The molecule has 0 atom stereocenters. The zero-order chi connectivity index (χ0) is 20.4. The van der Waals surface area contributed by atoms with E-state index in [0.29, 0.717) is 23.8 Å². The quantitative estimate of drug-likeness (QED) is 0.497. The molecule has 2 aromatic carbocycles. The first-order chi connectivity index (χ1) is 14.1. The molecule has 2 aromatic heterocycles. The van der Waals surface area contributed by atoms with E-state index in [0.717, 1.165) is 34.0 Å². The topological polar surface area (TPSA) is 77.5 Å². The van der Waals surface area contributed by atoms with Gasteiger partial charge in [0.05, 0.1) is 32.0 Å². The molecular formula is C22H23N3O4. The number of aromatic nitrogens is 2. The number of benzene rings is 2. The van der Waals surface area contributed by atoms with Crippen LogP contribution in [0.15, 0.2) is 48.7 Å². The summed E-state index contributed by atoms with van der Waals surface area (Å²) >= 11 is 0. The molecule has 0 bridgehead atoms. The summed E-state index contributed by atoms with van der Waals surface area (Å²) in [7, 11) is 4.85. The fourth-order valence-corrected chi connectivity index (χ4v) is 3.49. The molecule has 7 nitrogen and oxygen atoms in total. The van der Waals surface area contributed by atoms with E-state index < -0.39 is 0 Å². The van der Waals surface area contributed by atoms with E-state index in [1.54, 1.807) is 27.4 Å². The Balaban J connectivity index is 1.63.